The second kappa shape index (κ2) is 4.17. The normalized spacial score (nSPS) is 19.2. The summed E-state index contributed by atoms with van der Waals surface area (Å²) in [7, 11) is 0. The molecule has 1 fully saturated rings. The van der Waals surface area contributed by atoms with Gasteiger partial charge in [0.1, 0.15) is 0 Å². The van der Waals surface area contributed by atoms with Crippen LogP contribution in [0.2, 0.25) is 0 Å². The van der Waals surface area contributed by atoms with E-state index in [0.717, 1.165) is 12.3 Å². The van der Waals surface area contributed by atoms with E-state index in [0.29, 0.717) is 11.5 Å². The molecule has 0 aliphatic heterocycles. The van der Waals surface area contributed by atoms with Crippen molar-refractivity contribution >= 4 is 11.6 Å². The molecule has 0 radical (unpaired) electrons. The van der Waals surface area contributed by atoms with E-state index in [1.807, 2.05) is 4.68 Å². The van der Waals surface area contributed by atoms with Crippen LogP contribution in [0.25, 0.3) is 0 Å². The van der Waals surface area contributed by atoms with E-state index in [9.17, 15) is 0 Å². The Morgan fingerprint density at radius 1 is 1.53 bits per heavy atom. The Labute approximate surface area is 96.6 Å². The highest BCUT2D eigenvalue weighted by molar-refractivity contribution is 6.18. The van der Waals surface area contributed by atoms with Crippen molar-refractivity contribution in [3.05, 3.63) is 18.0 Å². The van der Waals surface area contributed by atoms with Crippen molar-refractivity contribution in [2.45, 2.75) is 45.6 Å². The average Bonchev–Trinajstić information content (AvgIpc) is 2.59. The third-order valence-corrected chi connectivity index (χ3v) is 4.01. The molecule has 3 heteroatoms. The minimum absolute atomic E-state index is 0.359. The zero-order chi connectivity index (χ0) is 10.9. The second-order valence-corrected chi connectivity index (χ2v) is 5.31. The van der Waals surface area contributed by atoms with E-state index in [-0.39, 0.29) is 0 Å². The van der Waals surface area contributed by atoms with Crippen molar-refractivity contribution < 1.29 is 0 Å². The van der Waals surface area contributed by atoms with Gasteiger partial charge < -0.3 is 0 Å². The van der Waals surface area contributed by atoms with Crippen molar-refractivity contribution in [1.82, 2.24) is 9.78 Å². The molecule has 15 heavy (non-hydrogen) atoms. The topological polar surface area (TPSA) is 17.8 Å². The highest BCUT2D eigenvalue weighted by Crippen LogP contribution is 2.44. The van der Waals surface area contributed by atoms with Gasteiger partial charge in [0, 0.05) is 18.1 Å². The summed E-state index contributed by atoms with van der Waals surface area (Å²) < 4.78 is 2.02. The lowest BCUT2D eigenvalue weighted by Crippen LogP contribution is -2.33. The summed E-state index contributed by atoms with van der Waals surface area (Å²) in [6.45, 7) is 4.30. The number of hydrogen-bond acceptors (Lipinski definition) is 1. The first-order chi connectivity index (χ1) is 7.15. The van der Waals surface area contributed by atoms with E-state index >= 15 is 0 Å². The maximum Gasteiger partial charge on any atom is 0.0630 e. The minimum atomic E-state index is 0.359. The summed E-state index contributed by atoms with van der Waals surface area (Å²) in [5.41, 5.74) is 1.56. The summed E-state index contributed by atoms with van der Waals surface area (Å²) in [5.74, 6) is 0.779. The van der Waals surface area contributed by atoms with Crippen molar-refractivity contribution in [3.8, 4) is 0 Å². The molecular weight excluding hydrogens is 208 g/mol. The predicted octanol–water partition coefficient (Wildman–Crippen LogP) is 3.42. The van der Waals surface area contributed by atoms with Gasteiger partial charge in [-0.1, -0.05) is 6.42 Å². The van der Waals surface area contributed by atoms with Gasteiger partial charge in [0.2, 0.25) is 0 Å². The first kappa shape index (κ1) is 11.0. The van der Waals surface area contributed by atoms with Crippen molar-refractivity contribution in [3.63, 3.8) is 0 Å². The molecule has 0 bridgehead atoms. The summed E-state index contributed by atoms with van der Waals surface area (Å²) >= 11 is 6.04. The lowest BCUT2D eigenvalue weighted by molar-refractivity contribution is 0.164. The summed E-state index contributed by atoms with van der Waals surface area (Å²) in [4.78, 5) is 0. The van der Waals surface area contributed by atoms with Gasteiger partial charge in [-0.25, -0.2) is 0 Å². The molecule has 0 N–H and O–H groups in total. The zero-order valence-electron chi connectivity index (χ0n) is 9.54. The van der Waals surface area contributed by atoms with Gasteiger partial charge in [-0.2, -0.15) is 5.10 Å². The van der Waals surface area contributed by atoms with Crippen molar-refractivity contribution in [1.29, 1.82) is 0 Å². The Kier molecular flexibility index (Phi) is 3.06. The monoisotopic (exact) mass is 226 g/mol. The Morgan fingerprint density at radius 2 is 2.27 bits per heavy atom. The van der Waals surface area contributed by atoms with E-state index in [4.69, 9.17) is 11.6 Å². The van der Waals surface area contributed by atoms with E-state index < -0.39 is 0 Å². The molecule has 1 aromatic rings. The molecule has 1 aliphatic carbocycles. The van der Waals surface area contributed by atoms with Crippen LogP contribution in [0.4, 0.5) is 0 Å². The lowest BCUT2D eigenvalue weighted by Gasteiger charge is -2.39. The largest absolute Gasteiger partial charge is 0.270 e. The van der Waals surface area contributed by atoms with Crippen LogP contribution in [0.1, 0.15) is 44.8 Å². The van der Waals surface area contributed by atoms with Crippen molar-refractivity contribution in [2.75, 3.05) is 5.88 Å². The molecule has 0 spiro atoms. The third-order valence-electron chi connectivity index (χ3n) is 3.45. The van der Waals surface area contributed by atoms with Gasteiger partial charge in [0.05, 0.1) is 5.69 Å². The highest BCUT2D eigenvalue weighted by Gasteiger charge is 2.36. The predicted molar refractivity (Wildman–Crippen MR) is 63.3 cm³/mol. The van der Waals surface area contributed by atoms with Gasteiger partial charge in [-0.15, -0.1) is 11.6 Å². The molecular formula is C12H19ClN2. The van der Waals surface area contributed by atoms with E-state index in [2.05, 4.69) is 31.2 Å². The number of alkyl halides is 1. The lowest BCUT2D eigenvalue weighted by atomic mass is 9.67. The smallest absolute Gasteiger partial charge is 0.0630 e. The fourth-order valence-electron chi connectivity index (χ4n) is 2.18. The molecule has 1 saturated carbocycles. The minimum Gasteiger partial charge on any atom is -0.270 e. The molecule has 0 unspecified atom stereocenters. The molecule has 0 amide bonds. The molecule has 0 atom stereocenters. The number of nitrogens with zero attached hydrogens (tertiary/aromatic N) is 2. The number of aromatic nitrogens is 2. The second-order valence-electron chi connectivity index (χ2n) is 5.04. The number of rotatable bonds is 4. The highest BCUT2D eigenvalue weighted by atomic mass is 35.5. The van der Waals surface area contributed by atoms with Crippen LogP contribution in [-0.2, 0) is 6.42 Å². The van der Waals surface area contributed by atoms with Crippen LogP contribution in [0.15, 0.2) is 12.3 Å². The molecule has 1 aromatic heterocycles. The van der Waals surface area contributed by atoms with E-state index in [1.54, 1.807) is 0 Å². The van der Waals surface area contributed by atoms with Crippen LogP contribution >= 0.6 is 11.6 Å². The Hall–Kier alpha value is -0.500. The molecule has 0 aromatic carbocycles. The van der Waals surface area contributed by atoms with Crippen LogP contribution in [0.3, 0.4) is 0 Å². The van der Waals surface area contributed by atoms with Gasteiger partial charge in [-0.3, -0.25) is 4.68 Å². The molecule has 0 saturated heterocycles. The quantitative estimate of drug-likeness (QED) is 0.720. The summed E-state index contributed by atoms with van der Waals surface area (Å²) in [6, 6.07) is 2.58. The standard InChI is InChI=1S/C12H19ClN2/c1-10(2)15-7-4-11(14-15)8-12(9-13)5-3-6-12/h4,7,10H,3,5-6,8-9H2,1-2H3. The number of hydrogen-bond donors (Lipinski definition) is 0. The summed E-state index contributed by atoms with van der Waals surface area (Å²) in [5, 5.41) is 4.58. The Morgan fingerprint density at radius 3 is 2.67 bits per heavy atom. The SMILES string of the molecule is CC(C)n1ccc(CC2(CCl)CCC2)n1. The van der Waals surface area contributed by atoms with Gasteiger partial charge in [-0.05, 0) is 44.6 Å². The van der Waals surface area contributed by atoms with Crippen LogP contribution in [0, 0.1) is 5.41 Å². The summed E-state index contributed by atoms with van der Waals surface area (Å²) in [6.07, 6.45) is 6.99. The maximum absolute atomic E-state index is 6.04. The van der Waals surface area contributed by atoms with Gasteiger partial charge in [0.15, 0.2) is 0 Å². The maximum atomic E-state index is 6.04. The first-order valence-corrected chi connectivity index (χ1v) is 6.29. The fourth-order valence-corrected chi connectivity index (χ4v) is 2.54. The van der Waals surface area contributed by atoms with Crippen LogP contribution < -0.4 is 0 Å². The molecule has 2 nitrogen and oxygen atoms in total. The number of halogens is 1. The van der Waals surface area contributed by atoms with Gasteiger partial charge >= 0.3 is 0 Å². The van der Waals surface area contributed by atoms with Crippen LogP contribution in [-0.4, -0.2) is 15.7 Å². The van der Waals surface area contributed by atoms with Crippen LogP contribution in [0.5, 0.6) is 0 Å². The zero-order valence-corrected chi connectivity index (χ0v) is 10.3. The molecule has 84 valence electrons. The van der Waals surface area contributed by atoms with Gasteiger partial charge in [0.25, 0.3) is 0 Å². The Bertz CT molecular complexity index is 321. The third kappa shape index (κ3) is 2.20. The molecule has 1 aliphatic rings. The fraction of sp³-hybridized carbons (Fsp3) is 0.750. The average molecular weight is 227 g/mol. The first-order valence-electron chi connectivity index (χ1n) is 5.75. The molecule has 2 rings (SSSR count). The van der Waals surface area contributed by atoms with Crippen molar-refractivity contribution in [2.24, 2.45) is 5.41 Å². The Balaban J connectivity index is 2.04. The van der Waals surface area contributed by atoms with E-state index in [1.165, 1.54) is 25.0 Å². The molecule has 1 heterocycles.